The van der Waals surface area contributed by atoms with Crippen LogP contribution in [0.25, 0.3) is 0 Å². The van der Waals surface area contributed by atoms with E-state index >= 15 is 0 Å². The highest BCUT2D eigenvalue weighted by molar-refractivity contribution is 7.80. The van der Waals surface area contributed by atoms with E-state index in [0.717, 1.165) is 43.9 Å². The van der Waals surface area contributed by atoms with E-state index in [1.807, 2.05) is 45.0 Å². The summed E-state index contributed by atoms with van der Waals surface area (Å²) in [5, 5.41) is 6.61. The zero-order chi connectivity index (χ0) is 18.4. The number of carbonyl (C=O) groups is 1. The number of nitrogens with one attached hydrogen (secondary N) is 2. The van der Waals surface area contributed by atoms with Crippen molar-refractivity contribution in [3.05, 3.63) is 24.3 Å². The molecular weight excluding hydrogens is 336 g/mol. The lowest BCUT2D eigenvalue weighted by molar-refractivity contribution is 0.0188. The van der Waals surface area contributed by atoms with E-state index in [1.165, 1.54) is 0 Å². The molecule has 1 heterocycles. The molecule has 2 rings (SSSR count). The van der Waals surface area contributed by atoms with Crippen LogP contribution in [0.1, 0.15) is 33.6 Å². The van der Waals surface area contributed by atoms with Gasteiger partial charge in [-0.1, -0.05) is 0 Å². The Labute approximate surface area is 155 Å². The third kappa shape index (κ3) is 6.78. The Kier molecular flexibility index (Phi) is 6.47. The number of nitrogens with two attached hydrogens (primary N) is 1. The number of piperidine rings is 1. The lowest BCUT2D eigenvalue weighted by Crippen LogP contribution is -2.42. The van der Waals surface area contributed by atoms with Crippen molar-refractivity contribution in [2.24, 2.45) is 11.7 Å². The first-order valence-electron chi connectivity index (χ1n) is 8.61. The predicted molar refractivity (Wildman–Crippen MR) is 106 cm³/mol. The Morgan fingerprint density at radius 1 is 1.24 bits per heavy atom. The molecule has 0 saturated carbocycles. The SMILES string of the molecule is CC(C)(C)OC(=O)N1CCC(CNc2ccc(NC(N)=S)cc2)CC1. The average Bonchev–Trinajstić information content (AvgIpc) is 2.52. The van der Waals surface area contributed by atoms with Crippen LogP contribution in [0.15, 0.2) is 24.3 Å². The van der Waals surface area contributed by atoms with Crippen LogP contribution in [0, 0.1) is 5.92 Å². The van der Waals surface area contributed by atoms with Crippen LogP contribution in [-0.2, 0) is 4.74 Å². The molecular formula is C18H28N4O2S. The molecule has 1 aromatic carbocycles. The van der Waals surface area contributed by atoms with Crippen molar-refractivity contribution >= 4 is 34.8 Å². The normalized spacial score (nSPS) is 15.6. The molecule has 4 N–H and O–H groups in total. The van der Waals surface area contributed by atoms with E-state index < -0.39 is 5.60 Å². The maximum Gasteiger partial charge on any atom is 0.410 e. The van der Waals surface area contributed by atoms with Gasteiger partial charge >= 0.3 is 6.09 Å². The Hall–Kier alpha value is -2.02. The molecule has 1 aromatic rings. The minimum Gasteiger partial charge on any atom is -0.444 e. The lowest BCUT2D eigenvalue weighted by Gasteiger charge is -2.33. The quantitative estimate of drug-likeness (QED) is 0.711. The third-order valence-electron chi connectivity index (χ3n) is 4.01. The van der Waals surface area contributed by atoms with E-state index in [4.69, 9.17) is 22.7 Å². The van der Waals surface area contributed by atoms with Gasteiger partial charge in [0.2, 0.25) is 0 Å². The summed E-state index contributed by atoms with van der Waals surface area (Å²) in [6, 6.07) is 7.87. The molecule has 0 bridgehead atoms. The van der Waals surface area contributed by atoms with Gasteiger partial charge in [0.05, 0.1) is 0 Å². The van der Waals surface area contributed by atoms with Gasteiger partial charge in [-0.2, -0.15) is 0 Å². The molecule has 0 aromatic heterocycles. The zero-order valence-electron chi connectivity index (χ0n) is 15.2. The number of rotatable bonds is 4. The van der Waals surface area contributed by atoms with Gasteiger partial charge in [0.25, 0.3) is 0 Å². The summed E-state index contributed by atoms with van der Waals surface area (Å²) in [5.74, 6) is 0.549. The molecule has 0 radical (unpaired) electrons. The van der Waals surface area contributed by atoms with E-state index in [-0.39, 0.29) is 11.2 Å². The summed E-state index contributed by atoms with van der Waals surface area (Å²) in [5.41, 5.74) is 6.95. The number of likely N-dealkylation sites (tertiary alicyclic amines) is 1. The Morgan fingerprint density at radius 2 is 1.80 bits per heavy atom. The molecule has 25 heavy (non-hydrogen) atoms. The predicted octanol–water partition coefficient (Wildman–Crippen LogP) is 3.40. The topological polar surface area (TPSA) is 79.6 Å². The van der Waals surface area contributed by atoms with Gasteiger partial charge in [0.15, 0.2) is 5.11 Å². The molecule has 7 heteroatoms. The van der Waals surface area contributed by atoms with Crippen LogP contribution < -0.4 is 16.4 Å². The van der Waals surface area contributed by atoms with Crippen LogP contribution in [0.3, 0.4) is 0 Å². The summed E-state index contributed by atoms with van der Waals surface area (Å²) in [6.45, 7) is 8.07. The molecule has 0 atom stereocenters. The van der Waals surface area contributed by atoms with Crippen molar-refractivity contribution in [1.82, 2.24) is 4.90 Å². The van der Waals surface area contributed by atoms with Gasteiger partial charge in [-0.15, -0.1) is 0 Å². The molecule has 1 aliphatic rings. The highest BCUT2D eigenvalue weighted by atomic mass is 32.1. The molecule has 1 amide bonds. The molecule has 0 aliphatic carbocycles. The van der Waals surface area contributed by atoms with Crippen LogP contribution in [0.2, 0.25) is 0 Å². The first-order chi connectivity index (χ1) is 11.7. The van der Waals surface area contributed by atoms with Crippen molar-refractivity contribution in [1.29, 1.82) is 0 Å². The number of ether oxygens (including phenoxy) is 1. The molecule has 1 fully saturated rings. The van der Waals surface area contributed by atoms with Crippen molar-refractivity contribution in [3.8, 4) is 0 Å². The molecule has 0 unspecified atom stereocenters. The van der Waals surface area contributed by atoms with Crippen LogP contribution >= 0.6 is 12.2 Å². The number of anilines is 2. The first kappa shape index (κ1) is 19.3. The molecule has 0 spiro atoms. The second kappa shape index (κ2) is 8.38. The minimum absolute atomic E-state index is 0.209. The summed E-state index contributed by atoms with van der Waals surface area (Å²) in [4.78, 5) is 13.9. The zero-order valence-corrected chi connectivity index (χ0v) is 16.0. The Morgan fingerprint density at radius 3 is 2.32 bits per heavy atom. The number of hydrogen-bond acceptors (Lipinski definition) is 4. The van der Waals surface area contributed by atoms with E-state index in [0.29, 0.717) is 5.92 Å². The number of amides is 1. The molecule has 1 aliphatic heterocycles. The highest BCUT2D eigenvalue weighted by Crippen LogP contribution is 2.21. The number of thiocarbonyl (C=S) groups is 1. The first-order valence-corrected chi connectivity index (χ1v) is 9.02. The fourth-order valence-electron chi connectivity index (χ4n) is 2.72. The maximum atomic E-state index is 12.1. The van der Waals surface area contributed by atoms with Gasteiger partial charge in [0.1, 0.15) is 5.60 Å². The number of hydrogen-bond donors (Lipinski definition) is 3. The highest BCUT2D eigenvalue weighted by Gasteiger charge is 2.26. The van der Waals surface area contributed by atoms with Gasteiger partial charge < -0.3 is 26.0 Å². The second-order valence-electron chi connectivity index (χ2n) is 7.36. The van der Waals surface area contributed by atoms with Crippen molar-refractivity contribution in [2.45, 2.75) is 39.2 Å². The standard InChI is InChI=1S/C18H28N4O2S/c1-18(2,3)24-17(23)22-10-8-13(9-11-22)12-20-14-4-6-15(7-5-14)21-16(19)25/h4-7,13,20H,8-12H2,1-3H3,(H3,19,21,25). The summed E-state index contributed by atoms with van der Waals surface area (Å²) in [7, 11) is 0. The Bertz CT molecular complexity index is 590. The third-order valence-corrected chi connectivity index (χ3v) is 4.12. The van der Waals surface area contributed by atoms with Crippen molar-refractivity contribution in [3.63, 3.8) is 0 Å². The summed E-state index contributed by atoms with van der Waals surface area (Å²) < 4.78 is 5.43. The largest absolute Gasteiger partial charge is 0.444 e. The number of carbonyl (C=O) groups excluding carboxylic acids is 1. The fourth-order valence-corrected chi connectivity index (χ4v) is 2.84. The molecule has 1 saturated heterocycles. The van der Waals surface area contributed by atoms with E-state index in [2.05, 4.69) is 10.6 Å². The van der Waals surface area contributed by atoms with Crippen molar-refractivity contribution in [2.75, 3.05) is 30.3 Å². The van der Waals surface area contributed by atoms with Crippen LogP contribution in [-0.4, -0.2) is 41.3 Å². The van der Waals surface area contributed by atoms with Crippen molar-refractivity contribution < 1.29 is 9.53 Å². The smallest absolute Gasteiger partial charge is 0.410 e. The summed E-state index contributed by atoms with van der Waals surface area (Å²) >= 11 is 4.82. The van der Waals surface area contributed by atoms with Gasteiger partial charge in [0, 0.05) is 31.0 Å². The van der Waals surface area contributed by atoms with Crippen LogP contribution in [0.4, 0.5) is 16.2 Å². The van der Waals surface area contributed by atoms with Gasteiger partial charge in [-0.05, 0) is 76.0 Å². The summed E-state index contributed by atoms with van der Waals surface area (Å²) in [6.07, 6.45) is 1.75. The van der Waals surface area contributed by atoms with Gasteiger partial charge in [-0.25, -0.2) is 4.79 Å². The average molecular weight is 365 g/mol. The number of benzene rings is 1. The van der Waals surface area contributed by atoms with Crippen LogP contribution in [0.5, 0.6) is 0 Å². The molecule has 6 nitrogen and oxygen atoms in total. The fraction of sp³-hybridized carbons (Fsp3) is 0.556. The monoisotopic (exact) mass is 364 g/mol. The van der Waals surface area contributed by atoms with E-state index in [1.54, 1.807) is 4.90 Å². The lowest BCUT2D eigenvalue weighted by atomic mass is 9.97. The molecule has 138 valence electrons. The maximum absolute atomic E-state index is 12.1. The van der Waals surface area contributed by atoms with Gasteiger partial charge in [-0.3, -0.25) is 0 Å². The minimum atomic E-state index is -0.440. The van der Waals surface area contributed by atoms with E-state index in [9.17, 15) is 4.79 Å². The number of nitrogens with zero attached hydrogens (tertiary/aromatic N) is 1. The second-order valence-corrected chi connectivity index (χ2v) is 7.80. The Balaban J connectivity index is 1.73.